The zero-order chi connectivity index (χ0) is 16.9. The fourth-order valence-corrected chi connectivity index (χ4v) is 2.95. The van der Waals surface area contributed by atoms with Crippen molar-refractivity contribution >= 4 is 34.6 Å². The quantitative estimate of drug-likeness (QED) is 0.540. The molecule has 3 heterocycles. The molecule has 0 aromatic carbocycles. The lowest BCUT2D eigenvalue weighted by atomic mass is 10.4. The zero-order valence-electron chi connectivity index (χ0n) is 12.6. The van der Waals surface area contributed by atoms with E-state index in [4.69, 9.17) is 11.6 Å². The highest BCUT2D eigenvalue weighted by Gasteiger charge is 2.29. The predicted molar refractivity (Wildman–Crippen MR) is 81.2 cm³/mol. The molecule has 0 radical (unpaired) electrons. The summed E-state index contributed by atoms with van der Waals surface area (Å²) in [5.41, 5.74) is -0.698. The molecular formula is C13H14ClN5O4. The van der Waals surface area contributed by atoms with Gasteiger partial charge in [-0.2, -0.15) is 4.98 Å². The molecule has 1 fully saturated rings. The highest BCUT2D eigenvalue weighted by Crippen LogP contribution is 2.17. The summed E-state index contributed by atoms with van der Waals surface area (Å²) in [4.78, 5) is 52.7. The molecule has 10 heteroatoms. The summed E-state index contributed by atoms with van der Waals surface area (Å²) in [5, 5.41) is 0.0254. The van der Waals surface area contributed by atoms with Gasteiger partial charge >= 0.3 is 5.69 Å². The topological polar surface area (TPSA) is 99.2 Å². The molecule has 9 nitrogen and oxygen atoms in total. The summed E-state index contributed by atoms with van der Waals surface area (Å²) in [5.74, 6) is -0.480. The van der Waals surface area contributed by atoms with Crippen LogP contribution in [-0.2, 0) is 30.2 Å². The van der Waals surface area contributed by atoms with Gasteiger partial charge in [-0.05, 0) is 11.6 Å². The fraction of sp³-hybridized carbons (Fsp3) is 0.462. The van der Waals surface area contributed by atoms with Gasteiger partial charge in [-0.1, -0.05) is 0 Å². The number of aryl methyl sites for hydroxylation is 1. The summed E-state index contributed by atoms with van der Waals surface area (Å²) in [6.45, 7) is 0.245. The van der Waals surface area contributed by atoms with E-state index in [1.54, 1.807) is 0 Å². The molecule has 0 spiro atoms. The van der Waals surface area contributed by atoms with Gasteiger partial charge < -0.3 is 4.57 Å². The Morgan fingerprint density at radius 1 is 1.00 bits per heavy atom. The molecule has 0 N–H and O–H groups in total. The average Bonchev–Trinajstić information content (AvgIpc) is 3.01. The van der Waals surface area contributed by atoms with E-state index in [2.05, 4.69) is 4.98 Å². The molecule has 2 aromatic heterocycles. The van der Waals surface area contributed by atoms with Gasteiger partial charge in [0.05, 0.1) is 0 Å². The van der Waals surface area contributed by atoms with E-state index in [1.165, 1.54) is 23.2 Å². The third-order valence-electron chi connectivity index (χ3n) is 4.00. The number of nitrogens with zero attached hydrogens (tertiary/aromatic N) is 5. The maximum Gasteiger partial charge on any atom is 0.332 e. The predicted octanol–water partition coefficient (Wildman–Crippen LogP) is -0.764. The highest BCUT2D eigenvalue weighted by atomic mass is 35.5. The highest BCUT2D eigenvalue weighted by molar-refractivity contribution is 6.29. The second kappa shape index (κ2) is 5.34. The number of carbonyl (C=O) groups is 2. The van der Waals surface area contributed by atoms with E-state index in [0.717, 1.165) is 9.47 Å². The van der Waals surface area contributed by atoms with E-state index in [1.807, 2.05) is 0 Å². The molecular weight excluding hydrogens is 326 g/mol. The number of carbonyl (C=O) groups excluding carboxylic acids is 2. The second-order valence-corrected chi connectivity index (χ2v) is 5.69. The average molecular weight is 340 g/mol. The maximum atomic E-state index is 12.3. The van der Waals surface area contributed by atoms with Crippen LogP contribution in [0.15, 0.2) is 9.59 Å². The zero-order valence-corrected chi connectivity index (χ0v) is 13.3. The summed E-state index contributed by atoms with van der Waals surface area (Å²) < 4.78 is 3.60. The molecule has 122 valence electrons. The summed E-state index contributed by atoms with van der Waals surface area (Å²) in [6, 6.07) is 0. The monoisotopic (exact) mass is 339 g/mol. The summed E-state index contributed by atoms with van der Waals surface area (Å²) >= 11 is 6.07. The standard InChI is InChI=1S/C13H14ClN5O4/c1-16-10-9(11(22)17(2)13(16)23)19(12(14)15-10)6-5-18-7(20)3-4-8(18)21/h3-6H2,1-2H3. The van der Waals surface area contributed by atoms with Crippen LogP contribution in [0.4, 0.5) is 0 Å². The number of fused-ring (bicyclic) bond motifs is 1. The third kappa shape index (κ3) is 2.27. The smallest absolute Gasteiger partial charge is 0.307 e. The number of imide groups is 1. The Balaban J connectivity index is 2.07. The van der Waals surface area contributed by atoms with Crippen LogP contribution in [0.1, 0.15) is 12.8 Å². The lowest BCUT2D eigenvalue weighted by Gasteiger charge is -2.14. The normalized spacial score (nSPS) is 15.2. The van der Waals surface area contributed by atoms with Crippen LogP contribution in [0.3, 0.4) is 0 Å². The molecule has 3 rings (SSSR count). The molecule has 0 saturated carbocycles. The van der Waals surface area contributed by atoms with Crippen LogP contribution in [-0.4, -0.2) is 41.9 Å². The van der Waals surface area contributed by atoms with Crippen molar-refractivity contribution in [1.29, 1.82) is 0 Å². The van der Waals surface area contributed by atoms with Gasteiger partial charge in [0.1, 0.15) is 0 Å². The van der Waals surface area contributed by atoms with Crippen molar-refractivity contribution in [2.75, 3.05) is 6.54 Å². The van der Waals surface area contributed by atoms with Gasteiger partial charge in [0, 0.05) is 40.0 Å². The third-order valence-corrected chi connectivity index (χ3v) is 4.29. The van der Waals surface area contributed by atoms with Crippen LogP contribution in [0.2, 0.25) is 5.28 Å². The van der Waals surface area contributed by atoms with Crippen LogP contribution in [0, 0.1) is 0 Å². The van der Waals surface area contributed by atoms with E-state index in [-0.39, 0.29) is 54.2 Å². The SMILES string of the molecule is Cn1c(=O)c2c(nc(Cl)n2CCN2C(=O)CCC2=O)n(C)c1=O. The molecule has 23 heavy (non-hydrogen) atoms. The Labute approximate surface area is 134 Å². The maximum absolute atomic E-state index is 12.3. The largest absolute Gasteiger partial charge is 0.332 e. The molecule has 0 aliphatic carbocycles. The number of amides is 2. The Kier molecular flexibility index (Phi) is 3.59. The van der Waals surface area contributed by atoms with Crippen LogP contribution >= 0.6 is 11.6 Å². The number of hydrogen-bond acceptors (Lipinski definition) is 5. The molecule has 1 aliphatic rings. The number of aromatic nitrogens is 4. The molecule has 0 bridgehead atoms. The molecule has 1 aliphatic heterocycles. The number of likely N-dealkylation sites (tertiary alicyclic amines) is 1. The van der Waals surface area contributed by atoms with Gasteiger partial charge in [-0.25, -0.2) is 4.79 Å². The Morgan fingerprint density at radius 2 is 1.61 bits per heavy atom. The van der Waals surface area contributed by atoms with Crippen LogP contribution in [0.5, 0.6) is 0 Å². The van der Waals surface area contributed by atoms with Crippen molar-refractivity contribution < 1.29 is 9.59 Å². The molecule has 0 atom stereocenters. The molecule has 2 amide bonds. The molecule has 1 saturated heterocycles. The number of halogens is 1. The second-order valence-electron chi connectivity index (χ2n) is 5.35. The minimum absolute atomic E-state index is 0.0254. The number of hydrogen-bond donors (Lipinski definition) is 0. The van der Waals surface area contributed by atoms with Crippen LogP contribution in [0.25, 0.3) is 11.2 Å². The number of imidazole rings is 1. The van der Waals surface area contributed by atoms with E-state index in [0.29, 0.717) is 0 Å². The van der Waals surface area contributed by atoms with E-state index >= 15 is 0 Å². The molecule has 0 unspecified atom stereocenters. The van der Waals surface area contributed by atoms with Gasteiger partial charge in [-0.15, -0.1) is 0 Å². The van der Waals surface area contributed by atoms with Crippen molar-refractivity contribution in [2.45, 2.75) is 19.4 Å². The van der Waals surface area contributed by atoms with Crippen molar-refractivity contribution in [3.63, 3.8) is 0 Å². The first-order chi connectivity index (χ1) is 10.8. The summed E-state index contributed by atoms with van der Waals surface area (Å²) in [7, 11) is 2.86. The van der Waals surface area contributed by atoms with E-state index in [9.17, 15) is 19.2 Å². The van der Waals surface area contributed by atoms with Gasteiger partial charge in [0.25, 0.3) is 5.56 Å². The first-order valence-electron chi connectivity index (χ1n) is 6.98. The minimum atomic E-state index is -0.526. The Hall–Kier alpha value is -2.42. The van der Waals surface area contributed by atoms with Gasteiger partial charge in [-0.3, -0.25) is 28.4 Å². The first-order valence-corrected chi connectivity index (χ1v) is 7.35. The summed E-state index contributed by atoms with van der Waals surface area (Å²) in [6.07, 6.45) is 0.404. The lowest BCUT2D eigenvalue weighted by molar-refractivity contribution is -0.138. The van der Waals surface area contributed by atoms with Crippen molar-refractivity contribution in [3.8, 4) is 0 Å². The first kappa shape index (κ1) is 15.5. The van der Waals surface area contributed by atoms with E-state index < -0.39 is 11.2 Å². The van der Waals surface area contributed by atoms with Crippen molar-refractivity contribution in [2.24, 2.45) is 14.1 Å². The van der Waals surface area contributed by atoms with Gasteiger partial charge in [0.15, 0.2) is 11.2 Å². The van der Waals surface area contributed by atoms with Crippen molar-refractivity contribution in [3.05, 3.63) is 26.1 Å². The minimum Gasteiger partial charge on any atom is -0.307 e. The Bertz CT molecular complexity index is 938. The lowest BCUT2D eigenvalue weighted by Crippen LogP contribution is -2.38. The molecule has 2 aromatic rings. The Morgan fingerprint density at radius 3 is 2.22 bits per heavy atom. The van der Waals surface area contributed by atoms with Crippen molar-refractivity contribution in [1.82, 2.24) is 23.6 Å². The fourth-order valence-electron chi connectivity index (χ4n) is 2.70. The van der Waals surface area contributed by atoms with Gasteiger partial charge in [0.2, 0.25) is 17.1 Å². The van der Waals surface area contributed by atoms with Crippen LogP contribution < -0.4 is 11.2 Å². The number of rotatable bonds is 3.